The summed E-state index contributed by atoms with van der Waals surface area (Å²) in [5, 5.41) is 6.22. The van der Waals surface area contributed by atoms with Gasteiger partial charge in [0.1, 0.15) is 0 Å². The molecule has 2 N–H and O–H groups in total. The number of hydrogen-bond donors (Lipinski definition) is 2. The van der Waals surface area contributed by atoms with Gasteiger partial charge in [-0.15, -0.1) is 0 Å². The minimum atomic E-state index is -0.0290. The summed E-state index contributed by atoms with van der Waals surface area (Å²) in [6.07, 6.45) is 0. The number of amides is 1. The first-order valence-electron chi connectivity index (χ1n) is 6.46. The van der Waals surface area contributed by atoms with Crippen LogP contribution in [0.25, 0.3) is 0 Å². The summed E-state index contributed by atoms with van der Waals surface area (Å²) in [5.74, 6) is -0.0290. The number of piperazine rings is 1. The van der Waals surface area contributed by atoms with Gasteiger partial charge < -0.3 is 10.6 Å². The lowest BCUT2D eigenvalue weighted by Gasteiger charge is -2.31. The standard InChI is InChI=1S/C14H21N3O/c1-11-9-17(8-7-15-11)10-13-3-5-14(6-4-13)16-12(2)18/h3-6,11,15H,7-10H2,1-2H3,(H,16,18)/t11-/m0/s1. The van der Waals surface area contributed by atoms with Gasteiger partial charge in [0.15, 0.2) is 0 Å². The van der Waals surface area contributed by atoms with Crippen molar-refractivity contribution in [1.29, 1.82) is 0 Å². The Bertz CT molecular complexity index is 402. The Morgan fingerprint density at radius 2 is 2.17 bits per heavy atom. The van der Waals surface area contributed by atoms with Crippen LogP contribution in [-0.2, 0) is 11.3 Å². The molecule has 0 unspecified atom stereocenters. The fourth-order valence-electron chi connectivity index (χ4n) is 2.31. The molecule has 1 aliphatic rings. The van der Waals surface area contributed by atoms with Crippen LogP contribution in [0.4, 0.5) is 5.69 Å². The molecule has 98 valence electrons. The van der Waals surface area contributed by atoms with Crippen LogP contribution in [0.15, 0.2) is 24.3 Å². The van der Waals surface area contributed by atoms with Crippen molar-refractivity contribution in [3.05, 3.63) is 29.8 Å². The molecule has 2 rings (SSSR count). The molecule has 4 heteroatoms. The van der Waals surface area contributed by atoms with E-state index in [1.807, 2.05) is 12.1 Å². The quantitative estimate of drug-likeness (QED) is 0.849. The van der Waals surface area contributed by atoms with Gasteiger partial charge in [-0.1, -0.05) is 12.1 Å². The highest BCUT2D eigenvalue weighted by molar-refractivity contribution is 5.88. The average Bonchev–Trinajstić information content (AvgIpc) is 2.31. The average molecular weight is 247 g/mol. The second-order valence-corrected chi connectivity index (χ2v) is 4.97. The normalized spacial score (nSPS) is 20.7. The lowest BCUT2D eigenvalue weighted by Crippen LogP contribution is -2.48. The minimum absolute atomic E-state index is 0.0290. The lowest BCUT2D eigenvalue weighted by atomic mass is 10.1. The summed E-state index contributed by atoms with van der Waals surface area (Å²) in [4.78, 5) is 13.4. The van der Waals surface area contributed by atoms with E-state index in [1.165, 1.54) is 12.5 Å². The molecule has 1 heterocycles. The summed E-state index contributed by atoms with van der Waals surface area (Å²) in [7, 11) is 0. The second-order valence-electron chi connectivity index (χ2n) is 4.97. The van der Waals surface area contributed by atoms with Gasteiger partial charge in [-0.25, -0.2) is 0 Å². The first-order chi connectivity index (χ1) is 8.63. The summed E-state index contributed by atoms with van der Waals surface area (Å²) in [5.41, 5.74) is 2.15. The van der Waals surface area contributed by atoms with Crippen molar-refractivity contribution in [1.82, 2.24) is 10.2 Å². The molecule has 1 fully saturated rings. The second kappa shape index (κ2) is 5.98. The number of nitrogens with zero attached hydrogens (tertiary/aromatic N) is 1. The summed E-state index contributed by atoms with van der Waals surface area (Å²) in [6, 6.07) is 8.65. The van der Waals surface area contributed by atoms with Crippen LogP contribution in [0.1, 0.15) is 19.4 Å². The van der Waals surface area contributed by atoms with Crippen LogP contribution < -0.4 is 10.6 Å². The van der Waals surface area contributed by atoms with Crippen molar-refractivity contribution < 1.29 is 4.79 Å². The van der Waals surface area contributed by atoms with E-state index < -0.39 is 0 Å². The van der Waals surface area contributed by atoms with E-state index in [2.05, 4.69) is 34.6 Å². The molecule has 1 saturated heterocycles. The fraction of sp³-hybridized carbons (Fsp3) is 0.500. The number of carbonyl (C=O) groups is 1. The molecule has 1 aromatic rings. The van der Waals surface area contributed by atoms with E-state index in [0.717, 1.165) is 31.9 Å². The molecular weight excluding hydrogens is 226 g/mol. The van der Waals surface area contributed by atoms with Gasteiger partial charge in [0.2, 0.25) is 5.91 Å². The van der Waals surface area contributed by atoms with Crippen LogP contribution in [0.2, 0.25) is 0 Å². The smallest absolute Gasteiger partial charge is 0.221 e. The third-order valence-electron chi connectivity index (χ3n) is 3.13. The van der Waals surface area contributed by atoms with Gasteiger partial charge in [0, 0.05) is 44.8 Å². The Kier molecular flexibility index (Phi) is 4.33. The largest absolute Gasteiger partial charge is 0.326 e. The van der Waals surface area contributed by atoms with Crippen LogP contribution >= 0.6 is 0 Å². The number of anilines is 1. The van der Waals surface area contributed by atoms with E-state index in [9.17, 15) is 4.79 Å². The molecule has 0 saturated carbocycles. The van der Waals surface area contributed by atoms with Gasteiger partial charge >= 0.3 is 0 Å². The summed E-state index contributed by atoms with van der Waals surface area (Å²) in [6.45, 7) is 7.96. The highest BCUT2D eigenvalue weighted by Crippen LogP contribution is 2.12. The van der Waals surface area contributed by atoms with E-state index >= 15 is 0 Å². The Labute approximate surface area is 108 Å². The molecule has 1 aromatic carbocycles. The highest BCUT2D eigenvalue weighted by atomic mass is 16.1. The zero-order valence-electron chi connectivity index (χ0n) is 11.1. The molecule has 0 radical (unpaired) electrons. The van der Waals surface area contributed by atoms with Crippen LogP contribution in [0.5, 0.6) is 0 Å². The Morgan fingerprint density at radius 3 is 2.78 bits per heavy atom. The van der Waals surface area contributed by atoms with Crippen molar-refractivity contribution in [2.75, 3.05) is 25.0 Å². The molecule has 0 bridgehead atoms. The van der Waals surface area contributed by atoms with Gasteiger partial charge in [-0.2, -0.15) is 0 Å². The number of benzene rings is 1. The third-order valence-corrected chi connectivity index (χ3v) is 3.13. The number of carbonyl (C=O) groups excluding carboxylic acids is 1. The predicted octanol–water partition coefficient (Wildman–Crippen LogP) is 1.44. The van der Waals surface area contributed by atoms with E-state index in [4.69, 9.17) is 0 Å². The third kappa shape index (κ3) is 3.82. The molecule has 0 aromatic heterocycles. The molecule has 18 heavy (non-hydrogen) atoms. The monoisotopic (exact) mass is 247 g/mol. The van der Waals surface area contributed by atoms with Crippen LogP contribution in [-0.4, -0.2) is 36.5 Å². The van der Waals surface area contributed by atoms with E-state index in [1.54, 1.807) is 0 Å². The van der Waals surface area contributed by atoms with Crippen molar-refractivity contribution in [3.8, 4) is 0 Å². The Hall–Kier alpha value is -1.39. The highest BCUT2D eigenvalue weighted by Gasteiger charge is 2.15. The van der Waals surface area contributed by atoms with Crippen molar-refractivity contribution in [3.63, 3.8) is 0 Å². The maximum Gasteiger partial charge on any atom is 0.221 e. The molecule has 1 aliphatic heterocycles. The Balaban J connectivity index is 1.91. The minimum Gasteiger partial charge on any atom is -0.326 e. The van der Waals surface area contributed by atoms with Crippen LogP contribution in [0.3, 0.4) is 0 Å². The molecule has 1 amide bonds. The molecule has 0 spiro atoms. The number of nitrogens with one attached hydrogen (secondary N) is 2. The van der Waals surface area contributed by atoms with E-state index in [-0.39, 0.29) is 5.91 Å². The van der Waals surface area contributed by atoms with Crippen molar-refractivity contribution >= 4 is 11.6 Å². The summed E-state index contributed by atoms with van der Waals surface area (Å²) >= 11 is 0. The first kappa shape index (κ1) is 13.1. The van der Waals surface area contributed by atoms with Gasteiger partial charge in [0.05, 0.1) is 0 Å². The topological polar surface area (TPSA) is 44.4 Å². The number of rotatable bonds is 3. The Morgan fingerprint density at radius 1 is 1.44 bits per heavy atom. The van der Waals surface area contributed by atoms with Gasteiger partial charge in [-0.05, 0) is 24.6 Å². The summed E-state index contributed by atoms with van der Waals surface area (Å²) < 4.78 is 0. The van der Waals surface area contributed by atoms with E-state index in [0.29, 0.717) is 6.04 Å². The first-order valence-corrected chi connectivity index (χ1v) is 6.46. The van der Waals surface area contributed by atoms with Gasteiger partial charge in [0.25, 0.3) is 0 Å². The van der Waals surface area contributed by atoms with Crippen LogP contribution in [0, 0.1) is 0 Å². The molecule has 1 atom stereocenters. The molecule has 4 nitrogen and oxygen atoms in total. The fourth-order valence-corrected chi connectivity index (χ4v) is 2.31. The van der Waals surface area contributed by atoms with Crippen molar-refractivity contribution in [2.24, 2.45) is 0 Å². The van der Waals surface area contributed by atoms with Crippen molar-refractivity contribution in [2.45, 2.75) is 26.4 Å². The SMILES string of the molecule is CC(=O)Nc1ccc(CN2CCN[C@@H](C)C2)cc1. The zero-order valence-corrected chi connectivity index (χ0v) is 11.1. The van der Waals surface area contributed by atoms with Gasteiger partial charge in [-0.3, -0.25) is 9.69 Å². The maximum atomic E-state index is 10.9. The maximum absolute atomic E-state index is 10.9. The zero-order chi connectivity index (χ0) is 13.0. The lowest BCUT2D eigenvalue weighted by molar-refractivity contribution is -0.114. The predicted molar refractivity (Wildman–Crippen MR) is 73.5 cm³/mol. The number of hydrogen-bond acceptors (Lipinski definition) is 3. The molecule has 0 aliphatic carbocycles. The molecular formula is C14H21N3O.